The van der Waals surface area contributed by atoms with E-state index in [1.165, 1.54) is 24.3 Å². The summed E-state index contributed by atoms with van der Waals surface area (Å²) in [6.45, 7) is 2.68. The molecule has 1 N–H and O–H groups in total. The molecule has 0 bridgehead atoms. The van der Waals surface area contributed by atoms with E-state index in [-0.39, 0.29) is 0 Å². The van der Waals surface area contributed by atoms with Gasteiger partial charge in [-0.3, -0.25) is 0 Å². The van der Waals surface area contributed by atoms with Crippen LogP contribution in [0.1, 0.15) is 12.8 Å². The van der Waals surface area contributed by atoms with Crippen LogP contribution in [-0.4, -0.2) is 30.7 Å². The molecule has 1 aliphatic rings. The van der Waals surface area contributed by atoms with Gasteiger partial charge in [0.15, 0.2) is 0 Å². The molecule has 0 fully saturated rings. The maximum Gasteiger partial charge on any atom is 0.0468 e. The van der Waals surface area contributed by atoms with Gasteiger partial charge in [-0.2, -0.15) is 0 Å². The van der Waals surface area contributed by atoms with E-state index in [0.717, 1.165) is 6.42 Å². The van der Waals surface area contributed by atoms with Gasteiger partial charge in [0.1, 0.15) is 0 Å². The molecule has 2 heteroatoms. The highest BCUT2D eigenvalue weighted by Crippen LogP contribution is 2.37. The maximum absolute atomic E-state index is 8.65. The topological polar surface area (TPSA) is 20.2 Å². The van der Waals surface area contributed by atoms with E-state index in [9.17, 15) is 0 Å². The number of hydrogen-bond acceptors (Lipinski definition) is 1. The Kier molecular flexibility index (Phi) is 3.37. The lowest BCUT2D eigenvalue weighted by Gasteiger charge is -2.17. The maximum atomic E-state index is 8.65. The molecule has 0 aromatic rings. The Bertz CT molecular complexity index is 131. The molecule has 1 rings (SSSR count). The first-order chi connectivity index (χ1) is 4.83. The van der Waals surface area contributed by atoms with Crippen molar-refractivity contribution in [1.29, 1.82) is 0 Å². The Hall–Kier alpha value is 0.130. The zero-order valence-corrected chi connectivity index (χ0v) is 7.40. The second-order valence-corrected chi connectivity index (χ2v) is 5.37. The van der Waals surface area contributed by atoms with E-state index < -0.39 is 0 Å². The summed E-state index contributed by atoms with van der Waals surface area (Å²) >= 11 is 0. The SMILES string of the molecule is CP1CC=C(CCO)CC1. The molecule has 1 nitrogen and oxygen atoms in total. The molecule has 1 heterocycles. The highest BCUT2D eigenvalue weighted by Gasteiger charge is 2.07. The molecule has 0 aromatic heterocycles. The molecule has 0 aromatic carbocycles. The normalized spacial score (nSPS) is 26.2. The van der Waals surface area contributed by atoms with Gasteiger partial charge in [0.05, 0.1) is 0 Å². The quantitative estimate of drug-likeness (QED) is 0.480. The van der Waals surface area contributed by atoms with Crippen LogP contribution in [0.3, 0.4) is 0 Å². The molecule has 0 saturated heterocycles. The van der Waals surface area contributed by atoms with Crippen molar-refractivity contribution >= 4 is 7.92 Å². The van der Waals surface area contributed by atoms with E-state index in [2.05, 4.69) is 12.7 Å². The molecule has 10 heavy (non-hydrogen) atoms. The highest BCUT2D eigenvalue weighted by atomic mass is 31.1. The Labute approximate surface area is 63.9 Å². The summed E-state index contributed by atoms with van der Waals surface area (Å²) in [7, 11) is 0.313. The zero-order valence-electron chi connectivity index (χ0n) is 6.51. The standard InChI is InChI=1S/C8H15OP/c1-10-6-3-8(2-5-9)4-7-10/h3,9H,2,4-7H2,1H3. The molecular formula is C8H15OP. The van der Waals surface area contributed by atoms with Crippen LogP contribution in [0.15, 0.2) is 11.6 Å². The lowest BCUT2D eigenvalue weighted by atomic mass is 10.1. The average molecular weight is 158 g/mol. The average Bonchev–Trinajstić information content (AvgIpc) is 1.95. The van der Waals surface area contributed by atoms with Crippen LogP contribution < -0.4 is 0 Å². The number of rotatable bonds is 2. The minimum absolute atomic E-state index is 0.313. The summed E-state index contributed by atoms with van der Waals surface area (Å²) < 4.78 is 0. The van der Waals surface area contributed by atoms with Crippen LogP contribution in [0.25, 0.3) is 0 Å². The van der Waals surface area contributed by atoms with E-state index in [0.29, 0.717) is 14.5 Å². The Morgan fingerprint density at radius 2 is 2.50 bits per heavy atom. The first kappa shape index (κ1) is 8.23. The summed E-state index contributed by atoms with van der Waals surface area (Å²) in [6.07, 6.45) is 7.13. The predicted molar refractivity (Wildman–Crippen MR) is 47.0 cm³/mol. The second kappa shape index (κ2) is 4.10. The third kappa shape index (κ3) is 2.40. The van der Waals surface area contributed by atoms with Crippen molar-refractivity contribution in [3.63, 3.8) is 0 Å². The van der Waals surface area contributed by atoms with Crippen LogP contribution in [0.2, 0.25) is 0 Å². The molecule has 58 valence electrons. The van der Waals surface area contributed by atoms with E-state index in [4.69, 9.17) is 5.11 Å². The number of allylic oxidation sites excluding steroid dienone is 1. The Morgan fingerprint density at radius 1 is 1.70 bits per heavy atom. The lowest BCUT2D eigenvalue weighted by molar-refractivity contribution is 0.298. The predicted octanol–water partition coefficient (Wildman–Crippen LogP) is 1.81. The van der Waals surface area contributed by atoms with E-state index in [1.807, 2.05) is 0 Å². The summed E-state index contributed by atoms with van der Waals surface area (Å²) in [6, 6.07) is 0. The fraction of sp³-hybridized carbons (Fsp3) is 0.750. The van der Waals surface area contributed by atoms with Gasteiger partial charge in [0.2, 0.25) is 0 Å². The lowest BCUT2D eigenvalue weighted by Crippen LogP contribution is -2.00. The van der Waals surface area contributed by atoms with Crippen molar-refractivity contribution in [1.82, 2.24) is 0 Å². The van der Waals surface area contributed by atoms with Crippen LogP contribution in [0, 0.1) is 0 Å². The van der Waals surface area contributed by atoms with Crippen LogP contribution in [0.4, 0.5) is 0 Å². The van der Waals surface area contributed by atoms with Crippen molar-refractivity contribution in [2.24, 2.45) is 0 Å². The Morgan fingerprint density at radius 3 is 3.00 bits per heavy atom. The van der Waals surface area contributed by atoms with Gasteiger partial charge in [0.25, 0.3) is 0 Å². The Balaban J connectivity index is 2.33. The van der Waals surface area contributed by atoms with Gasteiger partial charge < -0.3 is 5.11 Å². The van der Waals surface area contributed by atoms with Crippen LogP contribution in [0.5, 0.6) is 0 Å². The van der Waals surface area contributed by atoms with Gasteiger partial charge in [-0.05, 0) is 31.8 Å². The monoisotopic (exact) mass is 158 g/mol. The summed E-state index contributed by atoms with van der Waals surface area (Å²) in [5.41, 5.74) is 1.48. The van der Waals surface area contributed by atoms with E-state index >= 15 is 0 Å². The van der Waals surface area contributed by atoms with Gasteiger partial charge in [-0.25, -0.2) is 0 Å². The fourth-order valence-corrected chi connectivity index (χ4v) is 2.60. The molecule has 0 aliphatic carbocycles. The zero-order chi connectivity index (χ0) is 7.40. The molecule has 0 amide bonds. The number of aliphatic hydroxyl groups excluding tert-OH is 1. The van der Waals surface area contributed by atoms with Crippen molar-refractivity contribution in [3.8, 4) is 0 Å². The molecule has 1 aliphatic heterocycles. The molecule has 0 radical (unpaired) electrons. The van der Waals surface area contributed by atoms with Gasteiger partial charge >= 0.3 is 0 Å². The molecule has 1 unspecified atom stereocenters. The summed E-state index contributed by atoms with van der Waals surface area (Å²) in [5, 5.41) is 8.65. The van der Waals surface area contributed by atoms with Crippen molar-refractivity contribution in [2.45, 2.75) is 12.8 Å². The molecular weight excluding hydrogens is 143 g/mol. The number of hydrogen-bond donors (Lipinski definition) is 1. The van der Waals surface area contributed by atoms with Crippen molar-refractivity contribution < 1.29 is 5.11 Å². The highest BCUT2D eigenvalue weighted by molar-refractivity contribution is 7.57. The van der Waals surface area contributed by atoms with Crippen LogP contribution in [-0.2, 0) is 0 Å². The molecule has 0 spiro atoms. The van der Waals surface area contributed by atoms with Crippen LogP contribution >= 0.6 is 7.92 Å². The summed E-state index contributed by atoms with van der Waals surface area (Å²) in [5.74, 6) is 0. The first-order valence-corrected chi connectivity index (χ1v) is 5.96. The fourth-order valence-electron chi connectivity index (χ4n) is 1.18. The van der Waals surface area contributed by atoms with Crippen molar-refractivity contribution in [2.75, 3.05) is 25.6 Å². The second-order valence-electron chi connectivity index (χ2n) is 2.85. The van der Waals surface area contributed by atoms with Gasteiger partial charge in [-0.15, -0.1) is 7.92 Å². The molecule has 0 saturated carbocycles. The smallest absolute Gasteiger partial charge is 0.0468 e. The van der Waals surface area contributed by atoms with Gasteiger partial charge in [0, 0.05) is 6.61 Å². The third-order valence-corrected chi connectivity index (χ3v) is 3.73. The minimum Gasteiger partial charge on any atom is -0.396 e. The third-order valence-electron chi connectivity index (χ3n) is 1.94. The minimum atomic E-state index is 0.313. The molecule has 1 atom stereocenters. The van der Waals surface area contributed by atoms with Gasteiger partial charge in [-0.1, -0.05) is 11.6 Å². The largest absolute Gasteiger partial charge is 0.396 e. The van der Waals surface area contributed by atoms with Crippen molar-refractivity contribution in [3.05, 3.63) is 11.6 Å². The number of aliphatic hydroxyl groups is 1. The van der Waals surface area contributed by atoms with E-state index in [1.54, 1.807) is 0 Å². The summed E-state index contributed by atoms with van der Waals surface area (Å²) in [4.78, 5) is 0. The first-order valence-electron chi connectivity index (χ1n) is 3.80.